The Hall–Kier alpha value is -3.50. The lowest BCUT2D eigenvalue weighted by Gasteiger charge is -2.24. The summed E-state index contributed by atoms with van der Waals surface area (Å²) in [5.74, 6) is 0.883. The molecule has 3 aromatic carbocycles. The average molecular weight is 437 g/mol. The van der Waals surface area contributed by atoms with Gasteiger partial charge in [-0.1, -0.05) is 67.1 Å². The van der Waals surface area contributed by atoms with E-state index in [1.807, 2.05) is 54.7 Å². The first-order valence-corrected chi connectivity index (χ1v) is 11.7. The van der Waals surface area contributed by atoms with Gasteiger partial charge in [0.05, 0.1) is 12.1 Å². The highest BCUT2D eigenvalue weighted by molar-refractivity contribution is 5.95. The van der Waals surface area contributed by atoms with Crippen LogP contribution in [0.25, 0.3) is 33.2 Å². The lowest BCUT2D eigenvalue weighted by atomic mass is 9.99. The topological polar surface area (TPSA) is 51.2 Å². The van der Waals surface area contributed by atoms with Crippen LogP contribution in [0.15, 0.2) is 79.0 Å². The number of rotatable bonds is 7. The van der Waals surface area contributed by atoms with E-state index < -0.39 is 0 Å². The number of nitrogens with zero attached hydrogens (tertiary/aromatic N) is 1. The number of carbonyl (C=O) groups excluding carboxylic acids is 1. The predicted octanol–water partition coefficient (Wildman–Crippen LogP) is 6.29. The Balaban J connectivity index is 1.53. The molecule has 2 heterocycles. The van der Waals surface area contributed by atoms with Crippen molar-refractivity contribution in [2.45, 2.75) is 31.7 Å². The van der Waals surface area contributed by atoms with E-state index in [4.69, 9.17) is 9.72 Å². The predicted molar refractivity (Wildman–Crippen MR) is 134 cm³/mol. The SMILES string of the molecule is O=Cc1ccc(-c2ccc3ncc(-c4ccccc4)c(OCCC4CCCCN4)c3c2)cc1. The van der Waals surface area contributed by atoms with Crippen LogP contribution in [0.3, 0.4) is 0 Å². The molecule has 4 aromatic rings. The van der Waals surface area contributed by atoms with Crippen molar-refractivity contribution in [2.75, 3.05) is 13.2 Å². The Labute approximate surface area is 194 Å². The molecule has 0 aliphatic carbocycles. The Morgan fingerprint density at radius 3 is 2.52 bits per heavy atom. The van der Waals surface area contributed by atoms with Crippen LogP contribution < -0.4 is 10.1 Å². The molecule has 166 valence electrons. The number of aldehydes is 1. The van der Waals surface area contributed by atoms with E-state index in [0.29, 0.717) is 18.2 Å². The standard InChI is InChI=1S/C29H28N2O2/c32-20-21-9-11-22(12-10-21)24-13-14-28-26(18-24)29(33-17-15-25-8-4-5-16-30-25)27(19-31-28)23-6-2-1-3-7-23/h1-3,6-7,9-14,18-20,25,30H,4-5,8,15-17H2. The highest BCUT2D eigenvalue weighted by atomic mass is 16.5. The van der Waals surface area contributed by atoms with Crippen LogP contribution >= 0.6 is 0 Å². The lowest BCUT2D eigenvalue weighted by molar-refractivity contribution is 0.112. The minimum Gasteiger partial charge on any atom is -0.492 e. The highest BCUT2D eigenvalue weighted by Gasteiger charge is 2.16. The van der Waals surface area contributed by atoms with Gasteiger partial charge in [-0.25, -0.2) is 0 Å². The van der Waals surface area contributed by atoms with Gasteiger partial charge in [0, 0.05) is 28.8 Å². The normalized spacial score (nSPS) is 15.9. The van der Waals surface area contributed by atoms with Crippen LogP contribution in [0.4, 0.5) is 0 Å². The second-order valence-corrected chi connectivity index (χ2v) is 8.62. The van der Waals surface area contributed by atoms with Gasteiger partial charge in [0.25, 0.3) is 0 Å². The Bertz CT molecular complexity index is 1230. The first kappa shape index (κ1) is 21.4. The van der Waals surface area contributed by atoms with Crippen molar-refractivity contribution in [2.24, 2.45) is 0 Å². The monoisotopic (exact) mass is 436 g/mol. The van der Waals surface area contributed by atoms with E-state index in [1.165, 1.54) is 19.3 Å². The summed E-state index contributed by atoms with van der Waals surface area (Å²) < 4.78 is 6.51. The van der Waals surface area contributed by atoms with Gasteiger partial charge in [0.2, 0.25) is 0 Å². The number of benzene rings is 3. The minimum absolute atomic E-state index is 0.527. The number of aromatic nitrogens is 1. The molecule has 0 amide bonds. The van der Waals surface area contributed by atoms with E-state index >= 15 is 0 Å². The molecule has 1 aromatic heterocycles. The second-order valence-electron chi connectivity index (χ2n) is 8.62. The molecule has 0 saturated carbocycles. The van der Waals surface area contributed by atoms with Crippen LogP contribution in [0.2, 0.25) is 0 Å². The van der Waals surface area contributed by atoms with Gasteiger partial charge in [0.15, 0.2) is 0 Å². The fraction of sp³-hybridized carbons (Fsp3) is 0.241. The number of piperidine rings is 1. The number of pyridine rings is 1. The molecule has 1 N–H and O–H groups in total. The molecule has 0 spiro atoms. The number of ether oxygens (including phenoxy) is 1. The van der Waals surface area contributed by atoms with Gasteiger partial charge in [0.1, 0.15) is 12.0 Å². The van der Waals surface area contributed by atoms with Crippen molar-refractivity contribution in [1.29, 1.82) is 0 Å². The molecular weight excluding hydrogens is 408 g/mol. The number of fused-ring (bicyclic) bond motifs is 1. The maximum absolute atomic E-state index is 11.0. The van der Waals surface area contributed by atoms with Crippen molar-refractivity contribution >= 4 is 17.2 Å². The first-order chi connectivity index (χ1) is 16.3. The molecular formula is C29H28N2O2. The smallest absolute Gasteiger partial charge is 0.150 e. The van der Waals surface area contributed by atoms with Crippen molar-refractivity contribution in [3.63, 3.8) is 0 Å². The van der Waals surface area contributed by atoms with E-state index in [1.54, 1.807) is 0 Å². The summed E-state index contributed by atoms with van der Waals surface area (Å²) >= 11 is 0. The summed E-state index contributed by atoms with van der Waals surface area (Å²) in [6.45, 7) is 1.76. The largest absolute Gasteiger partial charge is 0.492 e. The van der Waals surface area contributed by atoms with Gasteiger partial charge in [-0.15, -0.1) is 0 Å². The summed E-state index contributed by atoms with van der Waals surface area (Å²) in [4.78, 5) is 15.8. The van der Waals surface area contributed by atoms with Gasteiger partial charge in [-0.3, -0.25) is 9.78 Å². The highest BCUT2D eigenvalue weighted by Crippen LogP contribution is 2.37. The van der Waals surface area contributed by atoms with Gasteiger partial charge < -0.3 is 10.1 Å². The number of nitrogens with one attached hydrogen (secondary N) is 1. The molecule has 1 unspecified atom stereocenters. The van der Waals surface area contributed by atoms with Crippen molar-refractivity contribution in [3.8, 4) is 28.0 Å². The lowest BCUT2D eigenvalue weighted by Crippen LogP contribution is -2.35. The maximum atomic E-state index is 11.0. The zero-order valence-electron chi connectivity index (χ0n) is 18.7. The van der Waals surface area contributed by atoms with Crippen molar-refractivity contribution in [1.82, 2.24) is 10.3 Å². The first-order valence-electron chi connectivity index (χ1n) is 11.7. The minimum atomic E-state index is 0.527. The summed E-state index contributed by atoms with van der Waals surface area (Å²) in [7, 11) is 0. The van der Waals surface area contributed by atoms with E-state index in [9.17, 15) is 4.79 Å². The van der Waals surface area contributed by atoms with Crippen molar-refractivity contribution in [3.05, 3.63) is 84.6 Å². The zero-order chi connectivity index (χ0) is 22.5. The summed E-state index contributed by atoms with van der Waals surface area (Å²) in [6, 6.07) is 24.8. The van der Waals surface area contributed by atoms with Crippen LogP contribution in [-0.2, 0) is 0 Å². The van der Waals surface area contributed by atoms with E-state index in [0.717, 1.165) is 58.2 Å². The van der Waals surface area contributed by atoms with Gasteiger partial charge >= 0.3 is 0 Å². The second kappa shape index (κ2) is 9.97. The Morgan fingerprint density at radius 2 is 1.76 bits per heavy atom. The van der Waals surface area contributed by atoms with Crippen LogP contribution in [0, 0.1) is 0 Å². The molecule has 1 atom stereocenters. The zero-order valence-corrected chi connectivity index (χ0v) is 18.7. The quantitative estimate of drug-likeness (QED) is 0.346. The third-order valence-corrected chi connectivity index (χ3v) is 6.41. The Morgan fingerprint density at radius 1 is 0.939 bits per heavy atom. The molecule has 1 saturated heterocycles. The van der Waals surface area contributed by atoms with Gasteiger partial charge in [-0.2, -0.15) is 0 Å². The number of hydrogen-bond donors (Lipinski definition) is 1. The summed E-state index contributed by atoms with van der Waals surface area (Å²) in [5, 5.41) is 4.62. The number of hydrogen-bond acceptors (Lipinski definition) is 4. The van der Waals surface area contributed by atoms with Crippen LogP contribution in [-0.4, -0.2) is 30.5 Å². The third kappa shape index (κ3) is 4.81. The average Bonchev–Trinajstić information content (AvgIpc) is 2.89. The fourth-order valence-corrected chi connectivity index (χ4v) is 4.55. The number of carbonyl (C=O) groups is 1. The van der Waals surface area contributed by atoms with E-state index in [-0.39, 0.29) is 0 Å². The molecule has 1 fully saturated rings. The molecule has 33 heavy (non-hydrogen) atoms. The fourth-order valence-electron chi connectivity index (χ4n) is 4.55. The van der Waals surface area contributed by atoms with Crippen molar-refractivity contribution < 1.29 is 9.53 Å². The molecule has 4 heteroatoms. The van der Waals surface area contributed by atoms with E-state index in [2.05, 4.69) is 29.6 Å². The molecule has 0 bridgehead atoms. The van der Waals surface area contributed by atoms with Crippen LogP contribution in [0.1, 0.15) is 36.0 Å². The molecule has 1 aliphatic rings. The van der Waals surface area contributed by atoms with Gasteiger partial charge in [-0.05, 0) is 54.6 Å². The van der Waals surface area contributed by atoms with Crippen LogP contribution in [0.5, 0.6) is 5.75 Å². The molecule has 4 nitrogen and oxygen atoms in total. The molecule has 1 aliphatic heterocycles. The maximum Gasteiger partial charge on any atom is 0.150 e. The molecule has 5 rings (SSSR count). The third-order valence-electron chi connectivity index (χ3n) is 6.41. The Kier molecular flexibility index (Phi) is 6.45. The summed E-state index contributed by atoms with van der Waals surface area (Å²) in [5.41, 5.74) is 5.82. The summed E-state index contributed by atoms with van der Waals surface area (Å²) in [6.07, 6.45) is 7.55. The molecule has 0 radical (unpaired) electrons.